The number of anilines is 1. The van der Waals surface area contributed by atoms with Crippen molar-refractivity contribution in [2.75, 3.05) is 25.1 Å². The van der Waals surface area contributed by atoms with Crippen LogP contribution in [0.4, 0.5) is 18.9 Å². The van der Waals surface area contributed by atoms with E-state index < -0.39 is 23.4 Å². The standard InChI is InChI=1S/C15H17F3N2O2/c16-15(17,18)14-5-12(4-3-11(14)6-19)20-7-13(21)9-22-8-10-1-2-10/h3-5,10,13,20-21H,1-2,7-9H2. The van der Waals surface area contributed by atoms with Gasteiger partial charge in [-0.1, -0.05) is 0 Å². The molecule has 1 aromatic carbocycles. The van der Waals surface area contributed by atoms with E-state index in [1.165, 1.54) is 12.1 Å². The number of nitrogens with one attached hydrogen (secondary N) is 1. The van der Waals surface area contributed by atoms with Crippen LogP contribution in [-0.4, -0.2) is 31.0 Å². The van der Waals surface area contributed by atoms with E-state index in [2.05, 4.69) is 5.32 Å². The highest BCUT2D eigenvalue weighted by Gasteiger charge is 2.33. The Morgan fingerprint density at radius 1 is 1.41 bits per heavy atom. The summed E-state index contributed by atoms with van der Waals surface area (Å²) in [5.41, 5.74) is -1.21. The molecule has 2 N–H and O–H groups in total. The highest BCUT2D eigenvalue weighted by Crippen LogP contribution is 2.33. The number of aliphatic hydroxyl groups is 1. The number of aliphatic hydroxyl groups excluding tert-OH is 1. The molecule has 120 valence electrons. The van der Waals surface area contributed by atoms with Crippen molar-refractivity contribution in [1.29, 1.82) is 5.26 Å². The number of rotatable bonds is 7. The van der Waals surface area contributed by atoms with E-state index in [0.29, 0.717) is 12.5 Å². The van der Waals surface area contributed by atoms with Gasteiger partial charge in [0.25, 0.3) is 0 Å². The van der Waals surface area contributed by atoms with Crippen molar-refractivity contribution in [1.82, 2.24) is 0 Å². The molecule has 1 unspecified atom stereocenters. The number of hydrogen-bond donors (Lipinski definition) is 2. The van der Waals surface area contributed by atoms with Gasteiger partial charge >= 0.3 is 6.18 Å². The third kappa shape index (κ3) is 4.90. The third-order valence-electron chi connectivity index (χ3n) is 3.35. The lowest BCUT2D eigenvalue weighted by Gasteiger charge is -2.15. The van der Waals surface area contributed by atoms with Gasteiger partial charge in [0.2, 0.25) is 0 Å². The van der Waals surface area contributed by atoms with Crippen molar-refractivity contribution in [2.24, 2.45) is 5.92 Å². The topological polar surface area (TPSA) is 65.3 Å². The second kappa shape index (κ2) is 6.99. The van der Waals surface area contributed by atoms with Crippen molar-refractivity contribution in [3.63, 3.8) is 0 Å². The Balaban J connectivity index is 1.87. The first-order valence-corrected chi connectivity index (χ1v) is 7.01. The minimum Gasteiger partial charge on any atom is -0.389 e. The molecule has 1 aromatic rings. The fraction of sp³-hybridized carbons (Fsp3) is 0.533. The number of ether oxygens (including phenoxy) is 1. The number of benzene rings is 1. The molecule has 1 saturated carbocycles. The second-order valence-corrected chi connectivity index (χ2v) is 5.39. The number of halogens is 3. The molecule has 1 aliphatic carbocycles. The van der Waals surface area contributed by atoms with Crippen LogP contribution in [0, 0.1) is 17.2 Å². The van der Waals surface area contributed by atoms with Gasteiger partial charge in [0.15, 0.2) is 0 Å². The molecular formula is C15H17F3N2O2. The van der Waals surface area contributed by atoms with E-state index in [-0.39, 0.29) is 18.8 Å². The summed E-state index contributed by atoms with van der Waals surface area (Å²) >= 11 is 0. The highest BCUT2D eigenvalue weighted by molar-refractivity contribution is 5.53. The molecular weight excluding hydrogens is 297 g/mol. The summed E-state index contributed by atoms with van der Waals surface area (Å²) in [7, 11) is 0. The fourth-order valence-electron chi connectivity index (χ4n) is 1.94. The van der Waals surface area contributed by atoms with E-state index in [1.54, 1.807) is 0 Å². The first-order chi connectivity index (χ1) is 10.4. The van der Waals surface area contributed by atoms with Crippen molar-refractivity contribution in [3.8, 4) is 6.07 Å². The molecule has 1 atom stereocenters. The SMILES string of the molecule is N#Cc1ccc(NCC(O)COCC2CC2)cc1C(F)(F)F. The summed E-state index contributed by atoms with van der Waals surface area (Å²) in [5.74, 6) is 0.591. The molecule has 0 aliphatic heterocycles. The Bertz CT molecular complexity index is 551. The minimum atomic E-state index is -4.59. The van der Waals surface area contributed by atoms with E-state index in [1.807, 2.05) is 0 Å². The van der Waals surface area contributed by atoms with Gasteiger partial charge < -0.3 is 15.2 Å². The number of alkyl halides is 3. The number of nitrogens with zero attached hydrogens (tertiary/aromatic N) is 1. The Kier molecular flexibility index (Phi) is 5.27. The molecule has 2 rings (SSSR count). The van der Waals surface area contributed by atoms with Crippen molar-refractivity contribution < 1.29 is 23.0 Å². The Morgan fingerprint density at radius 3 is 2.73 bits per heavy atom. The van der Waals surface area contributed by atoms with Crippen LogP contribution in [0.1, 0.15) is 24.0 Å². The van der Waals surface area contributed by atoms with Crippen LogP contribution in [0.15, 0.2) is 18.2 Å². The van der Waals surface area contributed by atoms with Crippen LogP contribution in [0.5, 0.6) is 0 Å². The van der Waals surface area contributed by atoms with E-state index in [0.717, 1.165) is 25.0 Å². The molecule has 0 saturated heterocycles. The maximum absolute atomic E-state index is 12.8. The predicted octanol–water partition coefficient (Wildman–Crippen LogP) is 2.78. The second-order valence-electron chi connectivity index (χ2n) is 5.39. The molecule has 1 fully saturated rings. The monoisotopic (exact) mass is 314 g/mol. The van der Waals surface area contributed by atoms with Crippen LogP contribution in [0.2, 0.25) is 0 Å². The Labute approximate surface area is 126 Å². The molecule has 1 aliphatic rings. The van der Waals surface area contributed by atoms with Gasteiger partial charge in [0, 0.05) is 18.8 Å². The van der Waals surface area contributed by atoms with Gasteiger partial charge in [-0.05, 0) is 37.0 Å². The maximum atomic E-state index is 12.8. The van der Waals surface area contributed by atoms with Crippen LogP contribution in [-0.2, 0) is 10.9 Å². The molecule has 22 heavy (non-hydrogen) atoms. The fourth-order valence-corrected chi connectivity index (χ4v) is 1.94. The van der Waals surface area contributed by atoms with Gasteiger partial charge in [-0.2, -0.15) is 18.4 Å². The summed E-state index contributed by atoms with van der Waals surface area (Å²) in [4.78, 5) is 0. The van der Waals surface area contributed by atoms with Crippen LogP contribution >= 0.6 is 0 Å². The quantitative estimate of drug-likeness (QED) is 0.812. The van der Waals surface area contributed by atoms with Gasteiger partial charge in [-0.3, -0.25) is 0 Å². The number of hydrogen-bond acceptors (Lipinski definition) is 4. The lowest BCUT2D eigenvalue weighted by atomic mass is 10.1. The molecule has 0 bridgehead atoms. The maximum Gasteiger partial charge on any atom is 0.417 e. The van der Waals surface area contributed by atoms with Crippen LogP contribution in [0.25, 0.3) is 0 Å². The Morgan fingerprint density at radius 2 is 2.14 bits per heavy atom. The molecule has 0 amide bonds. The van der Waals surface area contributed by atoms with E-state index in [9.17, 15) is 18.3 Å². The molecule has 0 radical (unpaired) electrons. The predicted molar refractivity (Wildman–Crippen MR) is 74.2 cm³/mol. The first-order valence-electron chi connectivity index (χ1n) is 7.01. The lowest BCUT2D eigenvalue weighted by Crippen LogP contribution is -2.25. The summed E-state index contributed by atoms with van der Waals surface area (Å²) in [6.45, 7) is 0.839. The van der Waals surface area contributed by atoms with Crippen molar-refractivity contribution in [3.05, 3.63) is 29.3 Å². The highest BCUT2D eigenvalue weighted by atomic mass is 19.4. The Hall–Kier alpha value is -1.78. The van der Waals surface area contributed by atoms with Gasteiger partial charge in [-0.15, -0.1) is 0 Å². The molecule has 7 heteroatoms. The zero-order chi connectivity index (χ0) is 16.2. The average Bonchev–Trinajstić information content (AvgIpc) is 3.28. The molecule has 0 heterocycles. The van der Waals surface area contributed by atoms with Crippen LogP contribution < -0.4 is 5.32 Å². The summed E-state index contributed by atoms with van der Waals surface area (Å²) in [6.07, 6.45) is -3.09. The largest absolute Gasteiger partial charge is 0.417 e. The van der Waals surface area contributed by atoms with Crippen LogP contribution in [0.3, 0.4) is 0 Å². The minimum absolute atomic E-state index is 0.0772. The lowest BCUT2D eigenvalue weighted by molar-refractivity contribution is -0.137. The summed E-state index contributed by atoms with van der Waals surface area (Å²) in [6, 6.07) is 4.89. The van der Waals surface area contributed by atoms with E-state index in [4.69, 9.17) is 10.00 Å². The summed E-state index contributed by atoms with van der Waals surface area (Å²) in [5, 5.41) is 21.1. The zero-order valence-corrected chi connectivity index (χ0v) is 11.9. The molecule has 4 nitrogen and oxygen atoms in total. The molecule has 0 aromatic heterocycles. The van der Waals surface area contributed by atoms with Crippen molar-refractivity contribution >= 4 is 5.69 Å². The zero-order valence-electron chi connectivity index (χ0n) is 11.9. The smallest absolute Gasteiger partial charge is 0.389 e. The van der Waals surface area contributed by atoms with Crippen molar-refractivity contribution in [2.45, 2.75) is 25.1 Å². The molecule has 0 spiro atoms. The van der Waals surface area contributed by atoms with Gasteiger partial charge in [0.05, 0.1) is 29.9 Å². The first kappa shape index (κ1) is 16.6. The van der Waals surface area contributed by atoms with Gasteiger partial charge in [-0.25, -0.2) is 0 Å². The summed E-state index contributed by atoms with van der Waals surface area (Å²) < 4.78 is 43.8. The third-order valence-corrected chi connectivity index (χ3v) is 3.35. The van der Waals surface area contributed by atoms with E-state index >= 15 is 0 Å². The average molecular weight is 314 g/mol. The number of nitriles is 1. The normalized spacial score (nSPS) is 16.1. The van der Waals surface area contributed by atoms with Gasteiger partial charge in [0.1, 0.15) is 0 Å².